The summed E-state index contributed by atoms with van der Waals surface area (Å²) in [7, 11) is -0.395. The van der Waals surface area contributed by atoms with Crippen LogP contribution in [-0.2, 0) is 9.31 Å². The van der Waals surface area contributed by atoms with Gasteiger partial charge in [0.05, 0.1) is 22.3 Å². The van der Waals surface area contributed by atoms with Gasteiger partial charge in [-0.15, -0.1) is 5.10 Å². The van der Waals surface area contributed by atoms with Gasteiger partial charge < -0.3 is 9.31 Å². The van der Waals surface area contributed by atoms with E-state index in [4.69, 9.17) is 9.31 Å². The molecule has 1 fully saturated rings. The molecule has 1 aliphatic rings. The molecular weight excluding hydrogens is 273 g/mol. The van der Waals surface area contributed by atoms with Crippen LogP contribution in [0.5, 0.6) is 0 Å². The Labute approximate surface area is 122 Å². The van der Waals surface area contributed by atoms with Crippen molar-refractivity contribution in [3.8, 4) is 10.4 Å². The predicted molar refractivity (Wildman–Crippen MR) is 78.9 cm³/mol. The highest BCUT2D eigenvalue weighted by molar-refractivity contribution is 7.09. The van der Waals surface area contributed by atoms with Gasteiger partial charge in [0.2, 0.25) is 0 Å². The highest BCUT2D eigenvalue weighted by Crippen LogP contribution is 2.36. The summed E-state index contributed by atoms with van der Waals surface area (Å²) < 4.78 is 15.9. The molecule has 0 atom stereocenters. The zero-order valence-electron chi connectivity index (χ0n) is 12.0. The molecule has 1 aliphatic heterocycles. The van der Waals surface area contributed by atoms with Crippen LogP contribution < -0.4 is 5.46 Å². The fraction of sp³-hybridized carbons (Fsp3) is 0.462. The van der Waals surface area contributed by atoms with Crippen LogP contribution in [0.1, 0.15) is 27.7 Å². The Morgan fingerprint density at radius 3 is 2.35 bits per heavy atom. The van der Waals surface area contributed by atoms with E-state index in [-0.39, 0.29) is 11.2 Å². The number of rotatable bonds is 2. The highest BCUT2D eigenvalue weighted by atomic mass is 32.1. The minimum Gasteiger partial charge on any atom is -0.399 e. The Kier molecular flexibility index (Phi) is 3.15. The van der Waals surface area contributed by atoms with Crippen LogP contribution in [0.3, 0.4) is 0 Å². The van der Waals surface area contributed by atoms with Gasteiger partial charge >= 0.3 is 7.12 Å². The molecule has 0 N–H and O–H groups in total. The van der Waals surface area contributed by atoms with E-state index in [2.05, 4.69) is 14.6 Å². The standard InChI is InChI=1S/C13H16BN3O2S/c1-12(2)13(3,4)19-14(18-12)10-5-9(6-15-7-10)11-8-16-17-20-11/h5-8H,1-4H3. The molecule has 0 bridgehead atoms. The van der Waals surface area contributed by atoms with E-state index in [0.717, 1.165) is 15.9 Å². The maximum Gasteiger partial charge on any atom is 0.496 e. The largest absolute Gasteiger partial charge is 0.496 e. The van der Waals surface area contributed by atoms with Gasteiger partial charge in [-0.05, 0) is 39.2 Å². The Morgan fingerprint density at radius 1 is 1.05 bits per heavy atom. The summed E-state index contributed by atoms with van der Waals surface area (Å²) in [5.41, 5.74) is 1.20. The molecule has 0 radical (unpaired) electrons. The summed E-state index contributed by atoms with van der Waals surface area (Å²) in [6.45, 7) is 8.16. The van der Waals surface area contributed by atoms with Crippen molar-refractivity contribution >= 4 is 24.1 Å². The van der Waals surface area contributed by atoms with Crippen LogP contribution in [0, 0.1) is 0 Å². The Morgan fingerprint density at radius 2 is 1.75 bits per heavy atom. The van der Waals surface area contributed by atoms with Crippen LogP contribution in [0.25, 0.3) is 10.4 Å². The van der Waals surface area contributed by atoms with Gasteiger partial charge in [-0.3, -0.25) is 4.98 Å². The van der Waals surface area contributed by atoms with E-state index >= 15 is 0 Å². The first-order valence-electron chi connectivity index (χ1n) is 6.47. The van der Waals surface area contributed by atoms with Crippen molar-refractivity contribution < 1.29 is 9.31 Å². The smallest absolute Gasteiger partial charge is 0.399 e. The zero-order valence-corrected chi connectivity index (χ0v) is 12.8. The maximum absolute atomic E-state index is 6.03. The third-order valence-electron chi connectivity index (χ3n) is 3.93. The summed E-state index contributed by atoms with van der Waals surface area (Å²) >= 11 is 1.34. The van der Waals surface area contributed by atoms with Crippen molar-refractivity contribution in [3.05, 3.63) is 24.7 Å². The lowest BCUT2D eigenvalue weighted by atomic mass is 9.80. The van der Waals surface area contributed by atoms with E-state index < -0.39 is 7.12 Å². The van der Waals surface area contributed by atoms with Gasteiger partial charge in [0.15, 0.2) is 0 Å². The second-order valence-electron chi connectivity index (χ2n) is 5.88. The first kappa shape index (κ1) is 13.7. The molecule has 1 saturated heterocycles. The SMILES string of the molecule is CC1(C)OB(c2cncc(-c3cnns3)c2)OC1(C)C. The first-order chi connectivity index (χ1) is 9.39. The number of pyridine rings is 1. The Hall–Kier alpha value is -1.31. The second-order valence-corrected chi connectivity index (χ2v) is 6.66. The topological polar surface area (TPSA) is 57.1 Å². The molecule has 2 aromatic heterocycles. The fourth-order valence-electron chi connectivity index (χ4n) is 1.99. The van der Waals surface area contributed by atoms with Crippen molar-refractivity contribution in [2.45, 2.75) is 38.9 Å². The van der Waals surface area contributed by atoms with Crippen LogP contribution in [0.15, 0.2) is 24.7 Å². The second kappa shape index (κ2) is 4.61. The molecule has 0 aliphatic carbocycles. The third-order valence-corrected chi connectivity index (χ3v) is 4.64. The van der Waals surface area contributed by atoms with E-state index in [0.29, 0.717) is 0 Å². The summed E-state index contributed by atoms with van der Waals surface area (Å²) in [6, 6.07) is 2.02. The van der Waals surface area contributed by atoms with Gasteiger partial charge in [-0.2, -0.15) is 0 Å². The molecule has 0 unspecified atom stereocenters. The van der Waals surface area contributed by atoms with E-state index in [1.54, 1.807) is 18.6 Å². The van der Waals surface area contributed by atoms with Crippen molar-refractivity contribution in [1.82, 2.24) is 14.6 Å². The monoisotopic (exact) mass is 289 g/mol. The van der Waals surface area contributed by atoms with Crippen molar-refractivity contribution in [2.24, 2.45) is 0 Å². The summed E-state index contributed by atoms with van der Waals surface area (Å²) in [5, 5.41) is 3.85. The van der Waals surface area contributed by atoms with Gasteiger partial charge in [-0.1, -0.05) is 10.6 Å². The molecule has 0 saturated carbocycles. The lowest BCUT2D eigenvalue weighted by Gasteiger charge is -2.32. The highest BCUT2D eigenvalue weighted by Gasteiger charge is 2.51. The number of hydrogen-bond donors (Lipinski definition) is 0. The molecule has 7 heteroatoms. The first-order valence-corrected chi connectivity index (χ1v) is 7.25. The molecule has 3 heterocycles. The van der Waals surface area contributed by atoms with Crippen molar-refractivity contribution in [3.63, 3.8) is 0 Å². The van der Waals surface area contributed by atoms with Gasteiger partial charge in [-0.25, -0.2) is 0 Å². The van der Waals surface area contributed by atoms with Gasteiger partial charge in [0.1, 0.15) is 0 Å². The summed E-state index contributed by atoms with van der Waals surface area (Å²) in [4.78, 5) is 5.25. The third kappa shape index (κ3) is 2.26. The lowest BCUT2D eigenvalue weighted by Crippen LogP contribution is -2.41. The van der Waals surface area contributed by atoms with Gasteiger partial charge in [0.25, 0.3) is 0 Å². The van der Waals surface area contributed by atoms with Crippen LogP contribution in [-0.4, -0.2) is 32.9 Å². The zero-order chi connectivity index (χ0) is 14.4. The summed E-state index contributed by atoms with van der Waals surface area (Å²) in [5.74, 6) is 0. The molecule has 2 aromatic rings. The average molecular weight is 289 g/mol. The minimum atomic E-state index is -0.395. The molecule has 0 aromatic carbocycles. The van der Waals surface area contributed by atoms with Crippen molar-refractivity contribution in [2.75, 3.05) is 0 Å². The predicted octanol–water partition coefficient (Wildman–Crippen LogP) is 1.90. The molecule has 20 heavy (non-hydrogen) atoms. The van der Waals surface area contributed by atoms with Crippen LogP contribution >= 0.6 is 11.5 Å². The number of nitrogens with zero attached hydrogens (tertiary/aromatic N) is 3. The number of hydrogen-bond acceptors (Lipinski definition) is 6. The van der Waals surface area contributed by atoms with Crippen LogP contribution in [0.2, 0.25) is 0 Å². The Bertz CT molecular complexity index is 600. The van der Waals surface area contributed by atoms with Crippen LogP contribution in [0.4, 0.5) is 0 Å². The minimum absolute atomic E-state index is 0.348. The maximum atomic E-state index is 6.03. The van der Waals surface area contributed by atoms with Crippen molar-refractivity contribution in [1.29, 1.82) is 0 Å². The fourth-order valence-corrected chi connectivity index (χ4v) is 2.49. The van der Waals surface area contributed by atoms with E-state index in [1.807, 2.05) is 33.8 Å². The van der Waals surface area contributed by atoms with E-state index in [1.165, 1.54) is 11.5 Å². The molecular formula is C13H16BN3O2S. The van der Waals surface area contributed by atoms with E-state index in [9.17, 15) is 0 Å². The molecule has 104 valence electrons. The molecule has 0 amide bonds. The molecule has 3 rings (SSSR count). The quantitative estimate of drug-likeness (QED) is 0.790. The molecule has 5 nitrogen and oxygen atoms in total. The lowest BCUT2D eigenvalue weighted by molar-refractivity contribution is 0.00578. The summed E-state index contributed by atoms with van der Waals surface area (Å²) in [6.07, 6.45) is 5.31. The average Bonchev–Trinajstić information content (AvgIpc) is 2.97. The van der Waals surface area contributed by atoms with Gasteiger partial charge in [0, 0.05) is 23.4 Å². The normalized spacial score (nSPS) is 20.3. The Balaban J connectivity index is 1.91. The number of aromatic nitrogens is 3. The molecule has 0 spiro atoms.